The first-order chi connectivity index (χ1) is 15.5. The molecule has 0 saturated heterocycles. The molecule has 2 aromatic carbocycles. The Hall–Kier alpha value is -3.55. The van der Waals surface area contributed by atoms with E-state index in [9.17, 15) is 18.5 Å². The molecular weight excluding hydrogens is 448 g/mol. The Bertz CT molecular complexity index is 1290. The number of hydrogen-bond donors (Lipinski definition) is 1. The first kappa shape index (κ1) is 21.7. The van der Waals surface area contributed by atoms with E-state index < -0.39 is 15.7 Å². The first-order valence-electron chi connectivity index (χ1n) is 9.72. The van der Waals surface area contributed by atoms with E-state index in [-0.39, 0.29) is 22.5 Å². The third-order valence-corrected chi connectivity index (χ3v) is 7.77. The van der Waals surface area contributed by atoms with Crippen molar-refractivity contribution in [3.63, 3.8) is 0 Å². The lowest BCUT2D eigenvalue weighted by Gasteiger charge is -2.09. The van der Waals surface area contributed by atoms with Gasteiger partial charge in [-0.05, 0) is 31.0 Å². The predicted octanol–water partition coefficient (Wildman–Crippen LogP) is 3.51. The summed E-state index contributed by atoms with van der Waals surface area (Å²) in [5.41, 5.74) is 1.43. The maximum Gasteiger partial charge on any atom is 0.280 e. The molecule has 3 aromatic rings. The fourth-order valence-corrected chi connectivity index (χ4v) is 5.14. The molecule has 0 unspecified atom stereocenters. The lowest BCUT2D eigenvalue weighted by atomic mass is 10.1. The van der Waals surface area contributed by atoms with E-state index >= 15 is 0 Å². The van der Waals surface area contributed by atoms with Crippen LogP contribution in [0.1, 0.15) is 29.5 Å². The fourth-order valence-electron chi connectivity index (χ4n) is 2.96. The Balaban J connectivity index is 1.59. The second-order valence-electron chi connectivity index (χ2n) is 7.04. The van der Waals surface area contributed by atoms with Crippen LogP contribution in [0.4, 0.5) is 5.13 Å². The second-order valence-corrected chi connectivity index (χ2v) is 10.2. The number of anilines is 1. The lowest BCUT2D eigenvalue weighted by Crippen LogP contribution is -2.24. The summed E-state index contributed by atoms with van der Waals surface area (Å²) in [5, 5.41) is 17.7. The zero-order valence-corrected chi connectivity index (χ0v) is 18.4. The van der Waals surface area contributed by atoms with Crippen molar-refractivity contribution in [3.8, 4) is 6.07 Å². The normalized spacial score (nSPS) is 13.9. The van der Waals surface area contributed by atoms with Crippen LogP contribution in [0, 0.1) is 11.3 Å². The number of nitrogens with zero attached hydrogens (tertiary/aromatic N) is 3. The first-order valence-corrected chi connectivity index (χ1v) is 12.1. The molecule has 0 atom stereocenters. The average molecular weight is 467 g/mol. The Morgan fingerprint density at radius 2 is 1.97 bits per heavy atom. The minimum absolute atomic E-state index is 0.00803. The SMILES string of the molecule is N#Cc1ccccc1CO/N=C(/C(=O)Nc1nccs1)c1ccc(S(=O)(=O)C2CC2)cc1. The molecule has 1 heterocycles. The molecule has 1 amide bonds. The van der Waals surface area contributed by atoms with Crippen LogP contribution in [0.15, 0.2) is 70.2 Å². The maximum absolute atomic E-state index is 12.9. The minimum atomic E-state index is -3.34. The second kappa shape index (κ2) is 9.30. The van der Waals surface area contributed by atoms with E-state index in [1.165, 1.54) is 35.6 Å². The van der Waals surface area contributed by atoms with Gasteiger partial charge >= 0.3 is 0 Å². The topological polar surface area (TPSA) is 122 Å². The molecule has 1 fully saturated rings. The molecule has 0 spiro atoms. The van der Waals surface area contributed by atoms with Gasteiger partial charge in [0.2, 0.25) is 0 Å². The summed E-state index contributed by atoms with van der Waals surface area (Å²) >= 11 is 1.25. The Morgan fingerprint density at radius 1 is 1.22 bits per heavy atom. The van der Waals surface area contributed by atoms with Gasteiger partial charge in [-0.15, -0.1) is 11.3 Å². The zero-order valence-electron chi connectivity index (χ0n) is 16.8. The summed E-state index contributed by atoms with van der Waals surface area (Å²) < 4.78 is 24.9. The lowest BCUT2D eigenvalue weighted by molar-refractivity contribution is -0.110. The van der Waals surface area contributed by atoms with Crippen LogP contribution in [0.2, 0.25) is 0 Å². The summed E-state index contributed by atoms with van der Waals surface area (Å²) in [6, 6.07) is 15.0. The molecule has 1 saturated carbocycles. The number of nitriles is 1. The van der Waals surface area contributed by atoms with Crippen molar-refractivity contribution in [2.75, 3.05) is 5.32 Å². The van der Waals surface area contributed by atoms with Gasteiger partial charge in [0, 0.05) is 22.7 Å². The quantitative estimate of drug-likeness (QED) is 0.400. The Kier molecular flexibility index (Phi) is 6.30. The minimum Gasteiger partial charge on any atom is -0.390 e. The fraction of sp³-hybridized carbons (Fsp3) is 0.182. The van der Waals surface area contributed by atoms with E-state index in [0.29, 0.717) is 34.7 Å². The van der Waals surface area contributed by atoms with E-state index in [0.717, 1.165) is 0 Å². The zero-order chi connectivity index (χ0) is 22.6. The number of sulfone groups is 1. The van der Waals surface area contributed by atoms with E-state index in [4.69, 9.17) is 4.84 Å². The summed E-state index contributed by atoms with van der Waals surface area (Å²) in [6.07, 6.45) is 2.90. The largest absolute Gasteiger partial charge is 0.390 e. The van der Waals surface area contributed by atoms with E-state index in [2.05, 4.69) is 21.5 Å². The molecule has 1 aromatic heterocycles. The van der Waals surface area contributed by atoms with Crippen molar-refractivity contribution in [3.05, 3.63) is 76.8 Å². The van der Waals surface area contributed by atoms with Gasteiger partial charge in [-0.3, -0.25) is 10.1 Å². The standard InChI is InChI=1S/C22H18N4O4S2/c23-13-16-3-1-2-4-17(16)14-30-26-20(21(27)25-22-24-11-12-31-22)15-5-7-18(8-6-15)32(28,29)19-9-10-19/h1-8,11-12,19H,9-10,14H2,(H,24,25,27)/b26-20+. The summed E-state index contributed by atoms with van der Waals surface area (Å²) in [4.78, 5) is 22.5. The van der Waals surface area contributed by atoms with Crippen molar-refractivity contribution >= 4 is 37.9 Å². The highest BCUT2D eigenvalue weighted by molar-refractivity contribution is 7.92. The highest BCUT2D eigenvalue weighted by Crippen LogP contribution is 2.33. The molecule has 8 nitrogen and oxygen atoms in total. The highest BCUT2D eigenvalue weighted by atomic mass is 32.2. The van der Waals surface area contributed by atoms with Crippen molar-refractivity contribution < 1.29 is 18.0 Å². The third-order valence-electron chi connectivity index (χ3n) is 4.80. The summed E-state index contributed by atoms with van der Waals surface area (Å²) in [7, 11) is -3.34. The molecule has 32 heavy (non-hydrogen) atoms. The van der Waals surface area contributed by atoms with Gasteiger partial charge in [0.25, 0.3) is 5.91 Å². The molecule has 0 bridgehead atoms. The van der Waals surface area contributed by atoms with E-state index in [1.54, 1.807) is 35.8 Å². The van der Waals surface area contributed by atoms with Crippen LogP contribution >= 0.6 is 11.3 Å². The van der Waals surface area contributed by atoms with Gasteiger partial charge < -0.3 is 4.84 Å². The molecule has 1 aliphatic rings. The molecule has 1 N–H and O–H groups in total. The molecule has 162 valence electrons. The molecule has 0 aliphatic heterocycles. The Morgan fingerprint density at radius 3 is 2.62 bits per heavy atom. The number of carbonyl (C=O) groups is 1. The van der Waals surface area contributed by atoms with Gasteiger partial charge in [-0.2, -0.15) is 5.26 Å². The number of thiazole rings is 1. The number of carbonyl (C=O) groups excluding carboxylic acids is 1. The van der Waals surface area contributed by atoms with Crippen LogP contribution in [0.3, 0.4) is 0 Å². The number of nitrogens with one attached hydrogen (secondary N) is 1. The van der Waals surface area contributed by atoms with Crippen LogP contribution in [-0.2, 0) is 26.1 Å². The van der Waals surface area contributed by atoms with Crippen LogP contribution in [0.25, 0.3) is 0 Å². The third kappa shape index (κ3) is 4.85. The van der Waals surface area contributed by atoms with Crippen molar-refractivity contribution in [2.24, 2.45) is 5.16 Å². The number of rotatable bonds is 8. The Labute approximate surface area is 189 Å². The van der Waals surface area contributed by atoms with Gasteiger partial charge in [0.1, 0.15) is 6.61 Å². The maximum atomic E-state index is 12.9. The number of hydrogen-bond acceptors (Lipinski definition) is 8. The number of amides is 1. The molecule has 0 radical (unpaired) electrons. The average Bonchev–Trinajstić information content (AvgIpc) is 3.56. The monoisotopic (exact) mass is 466 g/mol. The summed E-state index contributed by atoms with van der Waals surface area (Å²) in [6.45, 7) is -0.00803. The molecular formula is C22H18N4O4S2. The number of benzene rings is 2. The van der Waals surface area contributed by atoms with Gasteiger partial charge in [-0.1, -0.05) is 35.5 Å². The van der Waals surface area contributed by atoms with Gasteiger partial charge in [0.15, 0.2) is 20.7 Å². The molecule has 10 heteroatoms. The van der Waals surface area contributed by atoms with Gasteiger partial charge in [-0.25, -0.2) is 13.4 Å². The van der Waals surface area contributed by atoms with Crippen molar-refractivity contribution in [2.45, 2.75) is 29.6 Å². The van der Waals surface area contributed by atoms with Gasteiger partial charge in [0.05, 0.1) is 21.8 Å². The predicted molar refractivity (Wildman–Crippen MR) is 120 cm³/mol. The van der Waals surface area contributed by atoms with Crippen LogP contribution < -0.4 is 5.32 Å². The van der Waals surface area contributed by atoms with Crippen LogP contribution in [-0.4, -0.2) is 30.3 Å². The van der Waals surface area contributed by atoms with Crippen LogP contribution in [0.5, 0.6) is 0 Å². The summed E-state index contributed by atoms with van der Waals surface area (Å²) in [5.74, 6) is -0.550. The smallest absolute Gasteiger partial charge is 0.280 e. The van der Waals surface area contributed by atoms with E-state index in [1.807, 2.05) is 0 Å². The molecule has 1 aliphatic carbocycles. The number of oxime groups is 1. The molecule has 4 rings (SSSR count). The van der Waals surface area contributed by atoms with Crippen molar-refractivity contribution in [1.29, 1.82) is 5.26 Å². The number of aromatic nitrogens is 1. The van der Waals surface area contributed by atoms with Crippen molar-refractivity contribution in [1.82, 2.24) is 4.98 Å². The highest BCUT2D eigenvalue weighted by Gasteiger charge is 2.36.